The SMILES string of the molecule is CC(C)[C@H](N)C(=O)O[C@H](C)[C@H](N)C(=O)O.N[C@@H](CO)C(=O)O. The van der Waals surface area contributed by atoms with E-state index in [1.807, 2.05) is 0 Å². The van der Waals surface area contributed by atoms with Gasteiger partial charge in [-0.05, 0) is 12.8 Å². The fourth-order valence-electron chi connectivity index (χ4n) is 0.886. The van der Waals surface area contributed by atoms with Gasteiger partial charge in [0.15, 0.2) is 0 Å². The zero-order chi connectivity index (χ0) is 18.0. The van der Waals surface area contributed by atoms with Crippen LogP contribution in [0.2, 0.25) is 0 Å². The molecule has 4 atom stereocenters. The smallest absolute Gasteiger partial charge is 0.324 e. The predicted octanol–water partition coefficient (Wildman–Crippen LogP) is -2.30. The molecule has 0 rings (SSSR count). The molecule has 0 aromatic heterocycles. The number of aliphatic hydroxyl groups is 1. The third-order valence-corrected chi connectivity index (χ3v) is 2.60. The molecule has 0 amide bonds. The van der Waals surface area contributed by atoms with Crippen molar-refractivity contribution in [3.05, 3.63) is 0 Å². The first-order chi connectivity index (χ1) is 9.95. The third kappa shape index (κ3) is 9.23. The van der Waals surface area contributed by atoms with Crippen molar-refractivity contribution >= 4 is 17.9 Å². The maximum atomic E-state index is 11.3. The molecule has 10 nitrogen and oxygen atoms in total. The minimum Gasteiger partial charge on any atom is -0.480 e. The lowest BCUT2D eigenvalue weighted by molar-refractivity contribution is -0.155. The maximum Gasteiger partial charge on any atom is 0.324 e. The summed E-state index contributed by atoms with van der Waals surface area (Å²) < 4.78 is 4.83. The van der Waals surface area contributed by atoms with E-state index in [0.29, 0.717) is 0 Å². The van der Waals surface area contributed by atoms with Crippen molar-refractivity contribution in [3.8, 4) is 0 Å². The summed E-state index contributed by atoms with van der Waals surface area (Å²) in [6, 6.07) is -3.11. The fraction of sp³-hybridized carbons (Fsp3) is 0.750. The molecule has 0 spiro atoms. The number of carboxylic acids is 2. The molecule has 0 saturated heterocycles. The largest absolute Gasteiger partial charge is 0.480 e. The number of nitrogens with two attached hydrogens (primary N) is 3. The number of carbonyl (C=O) groups excluding carboxylic acids is 1. The zero-order valence-corrected chi connectivity index (χ0v) is 12.8. The molecule has 10 heteroatoms. The van der Waals surface area contributed by atoms with Crippen LogP contribution in [0.25, 0.3) is 0 Å². The van der Waals surface area contributed by atoms with Crippen molar-refractivity contribution in [3.63, 3.8) is 0 Å². The summed E-state index contributed by atoms with van der Waals surface area (Å²) in [6.07, 6.45) is -0.889. The Morgan fingerprint density at radius 1 is 0.955 bits per heavy atom. The van der Waals surface area contributed by atoms with Crippen molar-refractivity contribution in [1.82, 2.24) is 0 Å². The van der Waals surface area contributed by atoms with E-state index in [2.05, 4.69) is 0 Å². The second kappa shape index (κ2) is 10.9. The van der Waals surface area contributed by atoms with E-state index in [0.717, 1.165) is 0 Å². The van der Waals surface area contributed by atoms with Gasteiger partial charge in [-0.3, -0.25) is 14.4 Å². The lowest BCUT2D eigenvalue weighted by atomic mass is 10.1. The van der Waals surface area contributed by atoms with Crippen LogP contribution in [0.1, 0.15) is 20.8 Å². The molecule has 0 aliphatic carbocycles. The molecule has 0 aliphatic heterocycles. The van der Waals surface area contributed by atoms with E-state index in [1.54, 1.807) is 13.8 Å². The van der Waals surface area contributed by atoms with Crippen LogP contribution in [0.3, 0.4) is 0 Å². The van der Waals surface area contributed by atoms with Crippen molar-refractivity contribution < 1.29 is 34.4 Å². The first-order valence-corrected chi connectivity index (χ1v) is 6.49. The normalized spacial score (nSPS) is 15.8. The van der Waals surface area contributed by atoms with Gasteiger partial charge in [0.25, 0.3) is 0 Å². The van der Waals surface area contributed by atoms with E-state index >= 15 is 0 Å². The van der Waals surface area contributed by atoms with Crippen LogP contribution in [0, 0.1) is 5.92 Å². The molecule has 22 heavy (non-hydrogen) atoms. The van der Waals surface area contributed by atoms with E-state index < -0.39 is 48.7 Å². The molecule has 0 heterocycles. The van der Waals surface area contributed by atoms with Crippen LogP contribution in [0.4, 0.5) is 0 Å². The summed E-state index contributed by atoms with van der Waals surface area (Å²) in [5.41, 5.74) is 15.6. The van der Waals surface area contributed by atoms with Crippen molar-refractivity contribution in [1.29, 1.82) is 0 Å². The molecule has 9 N–H and O–H groups in total. The van der Waals surface area contributed by atoms with E-state index in [1.165, 1.54) is 6.92 Å². The number of carboxylic acid groups (broad SMARTS) is 2. The third-order valence-electron chi connectivity index (χ3n) is 2.60. The first-order valence-electron chi connectivity index (χ1n) is 6.49. The highest BCUT2D eigenvalue weighted by Crippen LogP contribution is 2.04. The minimum absolute atomic E-state index is 0.0641. The second-order valence-corrected chi connectivity index (χ2v) is 4.90. The fourth-order valence-corrected chi connectivity index (χ4v) is 0.886. The van der Waals surface area contributed by atoms with Crippen molar-refractivity contribution in [2.24, 2.45) is 23.1 Å². The number of hydrogen-bond acceptors (Lipinski definition) is 8. The highest BCUT2D eigenvalue weighted by molar-refractivity contribution is 5.78. The van der Waals surface area contributed by atoms with Gasteiger partial charge in [0.2, 0.25) is 0 Å². The molecule has 0 saturated carbocycles. The Morgan fingerprint density at radius 2 is 1.41 bits per heavy atom. The summed E-state index contributed by atoms with van der Waals surface area (Å²) in [7, 11) is 0. The van der Waals surface area contributed by atoms with E-state index in [9.17, 15) is 14.4 Å². The lowest BCUT2D eigenvalue weighted by Gasteiger charge is -2.20. The average Bonchev–Trinajstić information content (AvgIpc) is 2.44. The molecule has 0 aromatic rings. The molecule has 0 radical (unpaired) electrons. The Bertz CT molecular complexity index is 376. The summed E-state index contributed by atoms with van der Waals surface area (Å²) >= 11 is 0. The van der Waals surface area contributed by atoms with Crippen LogP contribution in [0.15, 0.2) is 0 Å². The minimum atomic E-state index is -1.23. The maximum absolute atomic E-state index is 11.3. The van der Waals surface area contributed by atoms with Gasteiger partial charge in [-0.1, -0.05) is 13.8 Å². The number of ether oxygens (including phenoxy) is 1. The van der Waals surface area contributed by atoms with Crippen LogP contribution < -0.4 is 17.2 Å². The van der Waals surface area contributed by atoms with Gasteiger partial charge in [0.05, 0.1) is 6.61 Å². The monoisotopic (exact) mass is 323 g/mol. The summed E-state index contributed by atoms with van der Waals surface area (Å²) in [4.78, 5) is 31.4. The Labute approximate surface area is 128 Å². The van der Waals surface area contributed by atoms with Gasteiger partial charge < -0.3 is 37.3 Å². The van der Waals surface area contributed by atoms with Crippen LogP contribution in [0.5, 0.6) is 0 Å². The van der Waals surface area contributed by atoms with Crippen LogP contribution in [-0.4, -0.2) is 64.1 Å². The Hall–Kier alpha value is -1.75. The molecule has 0 aromatic carbocycles. The molecular weight excluding hydrogens is 298 g/mol. The van der Waals surface area contributed by atoms with Crippen molar-refractivity contribution in [2.45, 2.75) is 45.0 Å². The summed E-state index contributed by atoms with van der Waals surface area (Å²) in [5.74, 6) is -3.09. The predicted molar refractivity (Wildman–Crippen MR) is 76.7 cm³/mol. The second-order valence-electron chi connectivity index (χ2n) is 4.90. The van der Waals surface area contributed by atoms with E-state index in [-0.39, 0.29) is 5.92 Å². The summed E-state index contributed by atoms with van der Waals surface area (Å²) in [6.45, 7) is 4.46. The molecule has 0 fully saturated rings. The standard InChI is InChI=1S/C9H18N2O4.C3H7NO3/c1-4(2)6(10)9(14)15-5(3)7(11)8(12)13;4-2(1-5)3(6)7/h4-7H,10-11H2,1-3H3,(H,12,13);2,5H,1,4H2,(H,6,7)/t5-,6+,7+;2-/m10/s1. The van der Waals surface area contributed by atoms with Gasteiger partial charge in [-0.2, -0.15) is 0 Å². The molecule has 0 bridgehead atoms. The highest BCUT2D eigenvalue weighted by atomic mass is 16.5. The van der Waals surface area contributed by atoms with Crippen LogP contribution >= 0.6 is 0 Å². The quantitative estimate of drug-likeness (QED) is 0.277. The number of hydrogen-bond donors (Lipinski definition) is 6. The number of rotatable bonds is 7. The van der Waals surface area contributed by atoms with Crippen LogP contribution in [-0.2, 0) is 19.1 Å². The molecule has 0 aliphatic rings. The lowest BCUT2D eigenvalue weighted by Crippen LogP contribution is -2.46. The zero-order valence-electron chi connectivity index (χ0n) is 12.8. The van der Waals surface area contributed by atoms with E-state index in [4.69, 9.17) is 37.3 Å². The summed E-state index contributed by atoms with van der Waals surface area (Å²) in [5, 5.41) is 24.5. The van der Waals surface area contributed by atoms with Gasteiger partial charge >= 0.3 is 17.9 Å². The molecule has 0 unspecified atom stereocenters. The molecule has 130 valence electrons. The Balaban J connectivity index is 0. The number of aliphatic hydroxyl groups excluding tert-OH is 1. The topological polar surface area (TPSA) is 199 Å². The van der Waals surface area contributed by atoms with Crippen molar-refractivity contribution in [2.75, 3.05) is 6.61 Å². The number of esters is 1. The van der Waals surface area contributed by atoms with Gasteiger partial charge in [0.1, 0.15) is 24.2 Å². The number of carbonyl (C=O) groups is 3. The first kappa shape index (κ1) is 22.5. The Morgan fingerprint density at radius 3 is 1.64 bits per heavy atom. The Kier molecular flexibility index (Phi) is 11.2. The van der Waals surface area contributed by atoms with Gasteiger partial charge in [-0.15, -0.1) is 0 Å². The van der Waals surface area contributed by atoms with Gasteiger partial charge in [0, 0.05) is 0 Å². The average molecular weight is 323 g/mol. The number of aliphatic carboxylic acids is 2. The van der Waals surface area contributed by atoms with Gasteiger partial charge in [-0.25, -0.2) is 0 Å². The molecular formula is C12H25N3O7. The highest BCUT2D eigenvalue weighted by Gasteiger charge is 2.27.